The fourth-order valence-corrected chi connectivity index (χ4v) is 3.54. The van der Waals surface area contributed by atoms with Gasteiger partial charge in [-0.1, -0.05) is 31.2 Å². The lowest BCUT2D eigenvalue weighted by Crippen LogP contribution is -2.29. The van der Waals surface area contributed by atoms with Crippen molar-refractivity contribution in [3.8, 4) is 0 Å². The summed E-state index contributed by atoms with van der Waals surface area (Å²) >= 11 is 4.36. The molecule has 0 spiro atoms. The van der Waals surface area contributed by atoms with E-state index in [9.17, 15) is 4.79 Å². The average Bonchev–Trinajstić information content (AvgIpc) is 2.74. The monoisotopic (exact) mass is 438 g/mol. The minimum Gasteiger partial charge on any atom is -0.466 e. The van der Waals surface area contributed by atoms with Crippen LogP contribution in [-0.2, 0) is 30.2 Å². The van der Waals surface area contributed by atoms with Gasteiger partial charge in [-0.3, -0.25) is 4.79 Å². The van der Waals surface area contributed by atoms with Crippen LogP contribution in [0.1, 0.15) is 70.6 Å². The smallest absolute Gasteiger partial charge is 0.308 e. The van der Waals surface area contributed by atoms with E-state index in [1.54, 1.807) is 0 Å². The number of esters is 1. The van der Waals surface area contributed by atoms with Crippen molar-refractivity contribution in [2.24, 2.45) is 5.92 Å². The first-order valence-electron chi connectivity index (χ1n) is 11.1. The van der Waals surface area contributed by atoms with Crippen molar-refractivity contribution in [2.75, 3.05) is 25.6 Å². The van der Waals surface area contributed by atoms with E-state index >= 15 is 0 Å². The number of thiol groups is 1. The van der Waals surface area contributed by atoms with Crippen LogP contribution in [0.15, 0.2) is 24.3 Å². The third-order valence-electron chi connectivity index (χ3n) is 5.26. The van der Waals surface area contributed by atoms with Crippen LogP contribution in [0.4, 0.5) is 0 Å². The Balaban J connectivity index is 2.08. The maximum atomic E-state index is 12.0. The zero-order chi connectivity index (χ0) is 22.0. The lowest BCUT2D eigenvalue weighted by atomic mass is 9.97. The number of carbonyl (C=O) groups is 1. The largest absolute Gasteiger partial charge is 0.466 e. The molecular weight excluding hydrogens is 400 g/mol. The number of benzene rings is 1. The van der Waals surface area contributed by atoms with Gasteiger partial charge in [-0.25, -0.2) is 0 Å². The molecule has 0 N–H and O–H groups in total. The number of hydrogen-bond donors (Lipinski definition) is 1. The summed E-state index contributed by atoms with van der Waals surface area (Å²) in [6.07, 6.45) is 4.20. The zero-order valence-corrected chi connectivity index (χ0v) is 19.8. The fourth-order valence-electron chi connectivity index (χ4n) is 3.44. The van der Waals surface area contributed by atoms with E-state index < -0.39 is 0 Å². The Labute approximate surface area is 187 Å². The summed E-state index contributed by atoms with van der Waals surface area (Å²) in [5, 5.41) is 0. The third-order valence-corrected chi connectivity index (χ3v) is 6.02. The van der Waals surface area contributed by atoms with Crippen molar-refractivity contribution in [3.63, 3.8) is 0 Å². The van der Waals surface area contributed by atoms with Crippen molar-refractivity contribution in [1.29, 1.82) is 0 Å². The van der Waals surface area contributed by atoms with E-state index in [0.717, 1.165) is 43.4 Å². The van der Waals surface area contributed by atoms with E-state index in [1.807, 2.05) is 39.8 Å². The van der Waals surface area contributed by atoms with Crippen LogP contribution in [0.25, 0.3) is 0 Å². The van der Waals surface area contributed by atoms with Crippen LogP contribution in [0, 0.1) is 5.92 Å². The topological polar surface area (TPSA) is 54.0 Å². The molecule has 1 heterocycles. The normalized spacial score (nSPS) is 19.3. The Hall–Kier alpha value is -1.08. The highest BCUT2D eigenvalue weighted by molar-refractivity contribution is 7.80. The summed E-state index contributed by atoms with van der Waals surface area (Å²) < 4.78 is 23.3. The second kappa shape index (κ2) is 12.7. The Kier molecular flexibility index (Phi) is 10.7. The maximum absolute atomic E-state index is 12.0. The molecule has 30 heavy (non-hydrogen) atoms. The van der Waals surface area contributed by atoms with Crippen molar-refractivity contribution >= 4 is 18.6 Å². The van der Waals surface area contributed by atoms with Gasteiger partial charge in [0.25, 0.3) is 0 Å². The highest BCUT2D eigenvalue weighted by atomic mass is 32.1. The van der Waals surface area contributed by atoms with Gasteiger partial charge < -0.3 is 18.9 Å². The van der Waals surface area contributed by atoms with E-state index in [4.69, 9.17) is 18.9 Å². The van der Waals surface area contributed by atoms with E-state index in [2.05, 4.69) is 24.8 Å². The SMILES string of the molecule is CCOC(=O)[C@@H](C)Cc1cccc(C(CCOC(C)(C)CS)OC2CCCCO2)c1. The molecule has 0 saturated carbocycles. The molecule has 6 heteroatoms. The summed E-state index contributed by atoms with van der Waals surface area (Å²) in [5.41, 5.74) is 1.92. The Morgan fingerprint density at radius 3 is 2.80 bits per heavy atom. The van der Waals surface area contributed by atoms with Crippen molar-refractivity contribution in [2.45, 2.75) is 77.8 Å². The zero-order valence-electron chi connectivity index (χ0n) is 18.9. The molecule has 1 aliphatic heterocycles. The molecule has 3 atom stereocenters. The quantitative estimate of drug-likeness (QED) is 0.362. The lowest BCUT2D eigenvalue weighted by molar-refractivity contribution is -0.194. The van der Waals surface area contributed by atoms with E-state index in [0.29, 0.717) is 25.4 Å². The summed E-state index contributed by atoms with van der Waals surface area (Å²) in [6.45, 7) is 9.55. The highest BCUT2D eigenvalue weighted by Gasteiger charge is 2.24. The van der Waals surface area contributed by atoms with Gasteiger partial charge in [0.1, 0.15) is 0 Å². The summed E-state index contributed by atoms with van der Waals surface area (Å²) in [5.74, 6) is 0.320. The second-order valence-electron chi connectivity index (χ2n) is 8.58. The fraction of sp³-hybridized carbons (Fsp3) is 0.708. The van der Waals surface area contributed by atoms with Gasteiger partial charge in [-0.2, -0.15) is 12.6 Å². The molecule has 170 valence electrons. The molecular formula is C24H38O5S. The van der Waals surface area contributed by atoms with E-state index in [-0.39, 0.29) is 29.9 Å². The Bertz CT molecular complexity index is 642. The van der Waals surface area contributed by atoms with Gasteiger partial charge >= 0.3 is 5.97 Å². The first-order valence-corrected chi connectivity index (χ1v) is 11.7. The number of hydrogen-bond acceptors (Lipinski definition) is 6. The number of ether oxygens (including phenoxy) is 4. The molecule has 1 fully saturated rings. The van der Waals surface area contributed by atoms with Crippen LogP contribution >= 0.6 is 12.6 Å². The molecule has 0 aliphatic carbocycles. The summed E-state index contributed by atoms with van der Waals surface area (Å²) in [4.78, 5) is 12.0. The van der Waals surface area contributed by atoms with Crippen molar-refractivity contribution < 1.29 is 23.7 Å². The van der Waals surface area contributed by atoms with Gasteiger partial charge in [-0.15, -0.1) is 0 Å². The lowest BCUT2D eigenvalue weighted by Gasteiger charge is -2.29. The summed E-state index contributed by atoms with van der Waals surface area (Å²) in [6, 6.07) is 8.29. The molecule has 0 amide bonds. The van der Waals surface area contributed by atoms with E-state index in [1.165, 1.54) is 0 Å². The molecule has 1 saturated heterocycles. The second-order valence-corrected chi connectivity index (χ2v) is 8.89. The number of rotatable bonds is 12. The molecule has 1 aliphatic rings. The minimum absolute atomic E-state index is 0.123. The van der Waals surface area contributed by atoms with Crippen LogP contribution in [0.2, 0.25) is 0 Å². The van der Waals surface area contributed by atoms with Gasteiger partial charge in [0, 0.05) is 18.8 Å². The predicted molar refractivity (Wildman–Crippen MR) is 122 cm³/mol. The van der Waals surface area contributed by atoms with Gasteiger partial charge in [0.15, 0.2) is 6.29 Å². The van der Waals surface area contributed by atoms with Gasteiger partial charge in [0.05, 0.1) is 30.8 Å². The molecule has 0 bridgehead atoms. The Morgan fingerprint density at radius 1 is 1.33 bits per heavy atom. The molecule has 0 aromatic heterocycles. The number of carbonyl (C=O) groups excluding carboxylic acids is 1. The highest BCUT2D eigenvalue weighted by Crippen LogP contribution is 2.28. The first kappa shape index (κ1) is 25.2. The van der Waals surface area contributed by atoms with Gasteiger partial charge in [0.2, 0.25) is 0 Å². The van der Waals surface area contributed by atoms with Crippen molar-refractivity contribution in [1.82, 2.24) is 0 Å². The molecule has 2 unspecified atom stereocenters. The predicted octanol–water partition coefficient (Wildman–Crippen LogP) is 5.13. The van der Waals surface area contributed by atoms with Gasteiger partial charge in [-0.05, 0) is 57.6 Å². The maximum Gasteiger partial charge on any atom is 0.308 e. The van der Waals surface area contributed by atoms with Crippen LogP contribution in [-0.4, -0.2) is 43.4 Å². The summed E-state index contributed by atoms with van der Waals surface area (Å²) in [7, 11) is 0. The standard InChI is InChI=1S/C24H38O5S/c1-5-26-23(25)18(2)15-19-9-8-10-20(16-19)21(12-14-28-24(3,4)17-30)29-22-11-6-7-13-27-22/h8-10,16,18,21-22,30H,5-7,11-15,17H2,1-4H3/t18-,21?,22?/m0/s1. The van der Waals surface area contributed by atoms with Crippen LogP contribution in [0.5, 0.6) is 0 Å². The minimum atomic E-state index is -0.272. The van der Waals surface area contributed by atoms with Crippen LogP contribution < -0.4 is 0 Å². The third kappa shape index (κ3) is 8.58. The average molecular weight is 439 g/mol. The Morgan fingerprint density at radius 2 is 2.13 bits per heavy atom. The van der Waals surface area contributed by atoms with Crippen molar-refractivity contribution in [3.05, 3.63) is 35.4 Å². The van der Waals surface area contributed by atoms with Crippen LogP contribution in [0.3, 0.4) is 0 Å². The molecule has 2 rings (SSSR count). The molecule has 1 aromatic carbocycles. The molecule has 5 nitrogen and oxygen atoms in total. The first-order chi connectivity index (χ1) is 14.3. The molecule has 0 radical (unpaired) electrons. The molecule has 1 aromatic rings.